The molecular formula is C19H23FN4O2. The molecule has 0 radical (unpaired) electrons. The maximum absolute atomic E-state index is 14.4. The van der Waals surface area contributed by atoms with Gasteiger partial charge in [0, 0.05) is 44.8 Å². The molecule has 138 valence electrons. The maximum Gasteiger partial charge on any atom is 0.151 e. The predicted octanol–water partition coefficient (Wildman–Crippen LogP) is 1.22. The summed E-state index contributed by atoms with van der Waals surface area (Å²) in [5.74, 6) is 0.562. The minimum atomic E-state index is -0.328. The Bertz CT molecular complexity index is 757. The third-order valence-corrected chi connectivity index (χ3v) is 5.13. The van der Waals surface area contributed by atoms with Gasteiger partial charge in [-0.3, -0.25) is 0 Å². The van der Waals surface area contributed by atoms with Gasteiger partial charge in [0.2, 0.25) is 0 Å². The first kappa shape index (κ1) is 17.1. The zero-order valence-corrected chi connectivity index (χ0v) is 14.6. The number of rotatable bonds is 4. The third kappa shape index (κ3) is 3.20. The van der Waals surface area contributed by atoms with E-state index >= 15 is 0 Å². The van der Waals surface area contributed by atoms with Gasteiger partial charge in [-0.15, -0.1) is 0 Å². The average Bonchev–Trinajstić information content (AvgIpc) is 2.66. The van der Waals surface area contributed by atoms with E-state index in [2.05, 4.69) is 16.0 Å². The fraction of sp³-hybridized carbons (Fsp3) is 0.421. The number of piperazine rings is 1. The molecular weight excluding hydrogens is 335 g/mol. The van der Waals surface area contributed by atoms with Gasteiger partial charge in [0.05, 0.1) is 30.3 Å². The van der Waals surface area contributed by atoms with E-state index in [0.29, 0.717) is 37.4 Å². The number of nitrogens with zero attached hydrogens (tertiary/aromatic N) is 4. The van der Waals surface area contributed by atoms with Crippen molar-refractivity contribution in [2.45, 2.75) is 12.7 Å². The first-order chi connectivity index (χ1) is 12.7. The number of aliphatic hydroxyl groups is 2. The molecule has 4 rings (SSSR count). The Labute approximate surface area is 152 Å². The van der Waals surface area contributed by atoms with Crippen molar-refractivity contribution in [2.24, 2.45) is 0 Å². The van der Waals surface area contributed by atoms with E-state index in [4.69, 9.17) is 0 Å². The maximum atomic E-state index is 14.4. The van der Waals surface area contributed by atoms with E-state index < -0.39 is 0 Å². The molecule has 6 nitrogen and oxygen atoms in total. The van der Waals surface area contributed by atoms with Gasteiger partial charge in [-0.1, -0.05) is 12.1 Å². The Morgan fingerprint density at radius 3 is 2.35 bits per heavy atom. The summed E-state index contributed by atoms with van der Waals surface area (Å²) in [5, 5.41) is 18.6. The van der Waals surface area contributed by atoms with Crippen molar-refractivity contribution >= 4 is 17.2 Å². The second-order valence-electron chi connectivity index (χ2n) is 6.82. The Morgan fingerprint density at radius 1 is 1.00 bits per heavy atom. The van der Waals surface area contributed by atoms with Crippen LogP contribution in [0.25, 0.3) is 0 Å². The molecule has 3 heterocycles. The lowest BCUT2D eigenvalue weighted by molar-refractivity contribution is 0.141. The Balaban J connectivity index is 1.39. The SMILES string of the molecule is OCc1cccc(N2CCN(c3ccc(N4CC(O)C4)nc3)CC2)c1F. The monoisotopic (exact) mass is 358 g/mol. The van der Waals surface area contributed by atoms with Gasteiger partial charge < -0.3 is 24.9 Å². The normalized spacial score (nSPS) is 18.2. The molecule has 1 aromatic heterocycles. The summed E-state index contributed by atoms with van der Waals surface area (Å²) in [6, 6.07) is 9.20. The number of hydrogen-bond donors (Lipinski definition) is 2. The van der Waals surface area contributed by atoms with E-state index in [1.807, 2.05) is 22.1 Å². The van der Waals surface area contributed by atoms with E-state index in [9.17, 15) is 14.6 Å². The van der Waals surface area contributed by atoms with Crippen molar-refractivity contribution in [2.75, 3.05) is 54.0 Å². The molecule has 2 aromatic rings. The fourth-order valence-electron chi connectivity index (χ4n) is 3.53. The lowest BCUT2D eigenvalue weighted by Gasteiger charge is -2.38. The molecule has 1 aromatic carbocycles. The quantitative estimate of drug-likeness (QED) is 0.857. The highest BCUT2D eigenvalue weighted by Crippen LogP contribution is 2.26. The number of hydrogen-bond acceptors (Lipinski definition) is 6. The van der Waals surface area contributed by atoms with Gasteiger partial charge in [-0.05, 0) is 18.2 Å². The zero-order valence-electron chi connectivity index (χ0n) is 14.6. The molecule has 0 unspecified atom stereocenters. The molecule has 0 amide bonds. The molecule has 0 saturated carbocycles. The largest absolute Gasteiger partial charge is 0.392 e. The molecule has 2 fully saturated rings. The summed E-state index contributed by atoms with van der Waals surface area (Å²) in [7, 11) is 0. The highest BCUT2D eigenvalue weighted by Gasteiger charge is 2.26. The van der Waals surface area contributed by atoms with E-state index in [-0.39, 0.29) is 18.5 Å². The number of anilines is 3. The lowest BCUT2D eigenvalue weighted by Crippen LogP contribution is -2.51. The minimum Gasteiger partial charge on any atom is -0.392 e. The number of aliphatic hydroxyl groups excluding tert-OH is 2. The molecule has 7 heteroatoms. The van der Waals surface area contributed by atoms with Crippen LogP contribution < -0.4 is 14.7 Å². The Kier molecular flexibility index (Phi) is 4.65. The topological polar surface area (TPSA) is 63.1 Å². The molecule has 0 aliphatic carbocycles. The van der Waals surface area contributed by atoms with Gasteiger partial charge >= 0.3 is 0 Å². The van der Waals surface area contributed by atoms with Crippen molar-refractivity contribution < 1.29 is 14.6 Å². The first-order valence-corrected chi connectivity index (χ1v) is 8.93. The molecule has 0 spiro atoms. The van der Waals surface area contributed by atoms with E-state index in [1.165, 1.54) is 0 Å². The second-order valence-corrected chi connectivity index (χ2v) is 6.82. The number of halogens is 1. The number of pyridine rings is 1. The van der Waals surface area contributed by atoms with Crippen LogP contribution in [-0.2, 0) is 6.61 Å². The van der Waals surface area contributed by atoms with Gasteiger partial charge in [0.1, 0.15) is 5.82 Å². The van der Waals surface area contributed by atoms with Gasteiger partial charge in [-0.2, -0.15) is 0 Å². The van der Waals surface area contributed by atoms with Crippen LogP contribution in [-0.4, -0.2) is 60.6 Å². The van der Waals surface area contributed by atoms with Gasteiger partial charge in [0.25, 0.3) is 0 Å². The lowest BCUT2D eigenvalue weighted by atomic mass is 10.1. The predicted molar refractivity (Wildman–Crippen MR) is 99.2 cm³/mol. The van der Waals surface area contributed by atoms with Crippen LogP contribution in [0.5, 0.6) is 0 Å². The Morgan fingerprint density at radius 2 is 1.73 bits per heavy atom. The van der Waals surface area contributed by atoms with Crippen molar-refractivity contribution in [3.8, 4) is 0 Å². The van der Waals surface area contributed by atoms with Crippen molar-refractivity contribution in [3.63, 3.8) is 0 Å². The first-order valence-electron chi connectivity index (χ1n) is 8.93. The summed E-state index contributed by atoms with van der Waals surface area (Å²) in [5.41, 5.74) is 1.95. The van der Waals surface area contributed by atoms with Crippen LogP contribution in [0.2, 0.25) is 0 Å². The standard InChI is InChI=1S/C19H23FN4O2/c20-19-14(13-25)2-1-3-17(19)23-8-6-22(7-9-23)15-4-5-18(21-10-15)24-11-16(26)12-24/h1-5,10,16,25-26H,6-9,11-13H2. The smallest absolute Gasteiger partial charge is 0.151 e. The highest BCUT2D eigenvalue weighted by atomic mass is 19.1. The number of benzene rings is 1. The fourth-order valence-corrected chi connectivity index (χ4v) is 3.53. The van der Waals surface area contributed by atoms with Crippen LogP contribution in [0.3, 0.4) is 0 Å². The second kappa shape index (κ2) is 7.09. The molecule has 26 heavy (non-hydrogen) atoms. The summed E-state index contributed by atoms with van der Waals surface area (Å²) in [4.78, 5) is 10.8. The highest BCUT2D eigenvalue weighted by molar-refractivity contribution is 5.55. The molecule has 2 aliphatic heterocycles. The summed E-state index contributed by atoms with van der Waals surface area (Å²) >= 11 is 0. The van der Waals surface area contributed by atoms with Crippen molar-refractivity contribution in [1.82, 2.24) is 4.98 Å². The summed E-state index contributed by atoms with van der Waals surface area (Å²) in [6.07, 6.45) is 1.62. The molecule has 0 atom stereocenters. The van der Waals surface area contributed by atoms with Crippen LogP contribution >= 0.6 is 0 Å². The third-order valence-electron chi connectivity index (χ3n) is 5.13. The van der Waals surface area contributed by atoms with Gasteiger partial charge in [-0.25, -0.2) is 9.37 Å². The van der Waals surface area contributed by atoms with Gasteiger partial charge in [0.15, 0.2) is 5.82 Å². The van der Waals surface area contributed by atoms with Crippen LogP contribution in [0.1, 0.15) is 5.56 Å². The molecule has 0 bridgehead atoms. The summed E-state index contributed by atoms with van der Waals surface area (Å²) in [6.45, 7) is 3.99. The Hall–Kier alpha value is -2.38. The van der Waals surface area contributed by atoms with Crippen LogP contribution in [0.15, 0.2) is 36.5 Å². The number of aromatic nitrogens is 1. The average molecular weight is 358 g/mol. The van der Waals surface area contributed by atoms with Crippen LogP contribution in [0.4, 0.5) is 21.6 Å². The molecule has 2 N–H and O–H groups in total. The molecule has 2 aliphatic rings. The van der Waals surface area contributed by atoms with E-state index in [1.54, 1.807) is 18.2 Å². The van der Waals surface area contributed by atoms with Crippen molar-refractivity contribution in [1.29, 1.82) is 0 Å². The summed E-state index contributed by atoms with van der Waals surface area (Å²) < 4.78 is 14.4. The minimum absolute atomic E-state index is 0.241. The van der Waals surface area contributed by atoms with Crippen LogP contribution in [0, 0.1) is 5.82 Å². The van der Waals surface area contributed by atoms with Crippen molar-refractivity contribution in [3.05, 3.63) is 47.9 Å². The molecule has 2 saturated heterocycles. The van der Waals surface area contributed by atoms with E-state index in [0.717, 1.165) is 24.6 Å². The number of β-amino-alcohol motifs (C(OH)–C–C–N with tert-alkyl or cyclic N) is 1. The zero-order chi connectivity index (χ0) is 18.1.